The number of quaternary nitrogens is 1. The van der Waals surface area contributed by atoms with E-state index in [4.69, 9.17) is 0 Å². The molecular weight excluding hydrogens is 316 g/mol. The van der Waals surface area contributed by atoms with E-state index >= 15 is 0 Å². The van der Waals surface area contributed by atoms with Gasteiger partial charge < -0.3 is 5.32 Å². The first-order valence-electron chi connectivity index (χ1n) is 9.26. The average molecular weight is 347 g/mol. The van der Waals surface area contributed by atoms with Gasteiger partial charge in [-0.3, -0.25) is 0 Å². The van der Waals surface area contributed by atoms with E-state index in [2.05, 4.69) is 42.0 Å². The number of H-pyrrole nitrogens is 1. The summed E-state index contributed by atoms with van der Waals surface area (Å²) in [5.41, 5.74) is 5.01. The van der Waals surface area contributed by atoms with Crippen molar-refractivity contribution in [1.82, 2.24) is 0 Å². The van der Waals surface area contributed by atoms with Crippen molar-refractivity contribution in [3.8, 4) is 6.07 Å². The van der Waals surface area contributed by atoms with E-state index in [-0.39, 0.29) is 4.75 Å². The summed E-state index contributed by atoms with van der Waals surface area (Å²) < 4.78 is 0.217. The minimum Gasteiger partial charge on any atom is -0.340 e. The fourth-order valence-electron chi connectivity index (χ4n) is 3.77. The molecule has 3 N–H and O–H groups in total. The number of pyridine rings is 1. The number of nitrogens with two attached hydrogens (primary N) is 1. The number of hydrogen-bond donors (Lipinski definition) is 1. The van der Waals surface area contributed by atoms with Crippen molar-refractivity contribution in [3.05, 3.63) is 22.4 Å². The van der Waals surface area contributed by atoms with E-state index < -0.39 is 0 Å². The molecule has 0 aliphatic carbocycles. The van der Waals surface area contributed by atoms with Crippen LogP contribution >= 0.6 is 11.8 Å². The standard InChI is InChI=1S/C19H28N4S/c1-4-5-6-17-16-13-24-19(2,3)11-14(16)15(12-20)18(22-17)23-9-7-21-8-10-23/h21H,4-11,13H2,1-3H3/p+2. The van der Waals surface area contributed by atoms with Gasteiger partial charge in [-0.15, -0.1) is 0 Å². The van der Waals surface area contributed by atoms with Gasteiger partial charge in [-0.2, -0.15) is 17.0 Å². The largest absolute Gasteiger partial charge is 0.340 e. The molecule has 1 fully saturated rings. The van der Waals surface area contributed by atoms with Gasteiger partial charge in [0.05, 0.1) is 0 Å². The van der Waals surface area contributed by atoms with Crippen LogP contribution in [-0.4, -0.2) is 30.9 Å². The number of thioether (sulfide) groups is 1. The molecule has 1 aromatic heterocycles. The number of aromatic nitrogens is 1. The average Bonchev–Trinajstić information content (AvgIpc) is 2.58. The van der Waals surface area contributed by atoms with E-state index in [0.29, 0.717) is 0 Å². The molecule has 0 bridgehead atoms. The van der Waals surface area contributed by atoms with E-state index in [0.717, 1.165) is 56.2 Å². The molecule has 0 saturated carbocycles. The predicted octanol–water partition coefficient (Wildman–Crippen LogP) is 1.67. The van der Waals surface area contributed by atoms with Crippen molar-refractivity contribution in [3.63, 3.8) is 0 Å². The normalized spacial score (nSPS) is 19.7. The summed E-state index contributed by atoms with van der Waals surface area (Å²) >= 11 is 2.02. The molecule has 1 saturated heterocycles. The Balaban J connectivity index is 2.09. The Morgan fingerprint density at radius 2 is 2.04 bits per heavy atom. The number of rotatable bonds is 4. The maximum absolute atomic E-state index is 9.93. The van der Waals surface area contributed by atoms with Gasteiger partial charge in [0, 0.05) is 22.5 Å². The summed E-state index contributed by atoms with van der Waals surface area (Å²) in [5, 5.41) is 12.3. The molecule has 4 nitrogen and oxygen atoms in total. The number of fused-ring (bicyclic) bond motifs is 1. The maximum Gasteiger partial charge on any atom is 0.293 e. The van der Waals surface area contributed by atoms with Crippen LogP contribution in [0.15, 0.2) is 0 Å². The summed E-state index contributed by atoms with van der Waals surface area (Å²) in [4.78, 5) is 6.09. The van der Waals surface area contributed by atoms with Crippen molar-refractivity contribution in [2.45, 2.75) is 57.0 Å². The highest BCUT2D eigenvalue weighted by Crippen LogP contribution is 2.41. The minimum atomic E-state index is 0.217. The molecule has 0 spiro atoms. The van der Waals surface area contributed by atoms with Crippen LogP contribution in [0.5, 0.6) is 0 Å². The summed E-state index contributed by atoms with van der Waals surface area (Å²) in [6.07, 6.45) is 4.50. The summed E-state index contributed by atoms with van der Waals surface area (Å²) in [6, 6.07) is 2.55. The lowest BCUT2D eigenvalue weighted by Crippen LogP contribution is -2.90. The van der Waals surface area contributed by atoms with Gasteiger partial charge in [-0.1, -0.05) is 27.2 Å². The second-order valence-electron chi connectivity index (χ2n) is 7.58. The molecule has 5 heteroatoms. The quantitative estimate of drug-likeness (QED) is 0.902. The lowest BCUT2D eigenvalue weighted by molar-refractivity contribution is -0.656. The number of nitriles is 1. The van der Waals surface area contributed by atoms with Gasteiger partial charge in [-0.05, 0) is 18.4 Å². The first-order valence-corrected chi connectivity index (χ1v) is 10.2. The minimum absolute atomic E-state index is 0.217. The summed E-state index contributed by atoms with van der Waals surface area (Å²) in [6.45, 7) is 11.1. The highest BCUT2D eigenvalue weighted by molar-refractivity contribution is 7.99. The molecule has 0 radical (unpaired) electrons. The number of aromatic amines is 1. The molecule has 1 aromatic rings. The fraction of sp³-hybridized carbons (Fsp3) is 0.684. The number of nitrogens with zero attached hydrogens (tertiary/aromatic N) is 2. The van der Waals surface area contributed by atoms with Gasteiger partial charge in [0.15, 0.2) is 0 Å². The van der Waals surface area contributed by atoms with Crippen LogP contribution in [0.25, 0.3) is 0 Å². The Hall–Kier alpha value is -1.25. The van der Waals surface area contributed by atoms with Crippen LogP contribution < -0.4 is 15.2 Å². The molecule has 0 unspecified atom stereocenters. The fourth-order valence-corrected chi connectivity index (χ4v) is 4.90. The number of hydrogen-bond acceptors (Lipinski definition) is 3. The molecular formula is C19H30N4S+2. The van der Waals surface area contributed by atoms with E-state index in [1.54, 1.807) is 0 Å². The monoisotopic (exact) mass is 346 g/mol. The number of aryl methyl sites for hydroxylation is 1. The van der Waals surface area contributed by atoms with Crippen LogP contribution in [-0.2, 0) is 18.6 Å². The van der Waals surface area contributed by atoms with Crippen LogP contribution in [0.1, 0.15) is 56.0 Å². The molecule has 0 amide bonds. The van der Waals surface area contributed by atoms with Crippen molar-refractivity contribution in [1.29, 1.82) is 5.26 Å². The summed E-state index contributed by atoms with van der Waals surface area (Å²) in [7, 11) is 0. The van der Waals surface area contributed by atoms with Crippen molar-refractivity contribution < 1.29 is 10.3 Å². The van der Waals surface area contributed by atoms with Gasteiger partial charge in [-0.25, -0.2) is 9.88 Å². The Morgan fingerprint density at radius 3 is 2.71 bits per heavy atom. The van der Waals surface area contributed by atoms with Crippen LogP contribution in [0.2, 0.25) is 0 Å². The van der Waals surface area contributed by atoms with Crippen LogP contribution in [0.4, 0.5) is 5.82 Å². The number of anilines is 1. The predicted molar refractivity (Wildman–Crippen MR) is 99.3 cm³/mol. The third-order valence-corrected chi connectivity index (χ3v) is 6.52. The number of piperazine rings is 1. The zero-order chi connectivity index (χ0) is 17.2. The highest BCUT2D eigenvalue weighted by Gasteiger charge is 2.35. The van der Waals surface area contributed by atoms with Crippen molar-refractivity contribution >= 4 is 17.6 Å². The molecule has 0 aromatic carbocycles. The van der Waals surface area contributed by atoms with Crippen molar-refractivity contribution in [2.75, 3.05) is 31.1 Å². The first-order chi connectivity index (χ1) is 11.6. The Kier molecular flexibility index (Phi) is 5.36. The molecule has 2 aliphatic heterocycles. The Morgan fingerprint density at radius 1 is 1.29 bits per heavy atom. The zero-order valence-corrected chi connectivity index (χ0v) is 16.1. The third-order valence-electron chi connectivity index (χ3n) is 5.16. The molecule has 3 heterocycles. The molecule has 130 valence electrons. The molecule has 0 atom stereocenters. The smallest absolute Gasteiger partial charge is 0.293 e. The van der Waals surface area contributed by atoms with E-state index in [1.165, 1.54) is 29.7 Å². The lowest BCUT2D eigenvalue weighted by Gasteiger charge is -2.32. The SMILES string of the molecule is CCCCc1[nH+]c(N2CC[NH2+]CC2)c(C#N)c2c1CSC(C)(C)C2. The van der Waals surface area contributed by atoms with Crippen molar-refractivity contribution in [2.24, 2.45) is 0 Å². The molecule has 2 aliphatic rings. The second kappa shape index (κ2) is 7.33. The van der Waals surface area contributed by atoms with E-state index in [9.17, 15) is 5.26 Å². The topological polar surface area (TPSA) is 57.8 Å². The Bertz CT molecular complexity index is 642. The van der Waals surface area contributed by atoms with Crippen LogP contribution in [0.3, 0.4) is 0 Å². The lowest BCUT2D eigenvalue weighted by atomic mass is 9.91. The molecule has 3 rings (SSSR count). The van der Waals surface area contributed by atoms with Gasteiger partial charge >= 0.3 is 0 Å². The summed E-state index contributed by atoms with van der Waals surface area (Å²) in [5.74, 6) is 2.11. The molecule has 24 heavy (non-hydrogen) atoms. The number of nitrogens with one attached hydrogen (secondary N) is 1. The maximum atomic E-state index is 9.93. The highest BCUT2D eigenvalue weighted by atomic mass is 32.2. The van der Waals surface area contributed by atoms with Crippen LogP contribution in [0, 0.1) is 11.3 Å². The third kappa shape index (κ3) is 3.55. The van der Waals surface area contributed by atoms with Gasteiger partial charge in [0.1, 0.15) is 43.5 Å². The van der Waals surface area contributed by atoms with E-state index in [1.807, 2.05) is 11.8 Å². The zero-order valence-electron chi connectivity index (χ0n) is 15.2. The van der Waals surface area contributed by atoms with Gasteiger partial charge in [0.25, 0.3) is 5.82 Å². The number of unbranched alkanes of at least 4 members (excludes halogenated alkanes) is 1. The van der Waals surface area contributed by atoms with Gasteiger partial charge in [0.2, 0.25) is 0 Å². The first kappa shape index (κ1) is 17.6. The Labute approximate surface area is 150 Å². The second-order valence-corrected chi connectivity index (χ2v) is 9.26.